The van der Waals surface area contributed by atoms with Crippen LogP contribution in [0.1, 0.15) is 42.0 Å². The zero-order chi connectivity index (χ0) is 24.5. The molecule has 4 bridgehead atoms. The molecular weight excluding hydrogens is 452 g/mol. The molecule has 0 saturated carbocycles. The molecule has 184 valence electrons. The molecule has 0 spiro atoms. The van der Waals surface area contributed by atoms with Crippen molar-refractivity contribution in [3.8, 4) is 0 Å². The fourth-order valence-electron chi connectivity index (χ4n) is 2.77. The molecule has 1 aliphatic heterocycles. The van der Waals surface area contributed by atoms with Gasteiger partial charge in [0.1, 0.15) is 37.8 Å². The largest absolute Gasteiger partial charge is 0.460 e. The summed E-state index contributed by atoms with van der Waals surface area (Å²) < 4.78 is 20.7. The Morgan fingerprint density at radius 3 is 1.29 bits per heavy atom. The summed E-state index contributed by atoms with van der Waals surface area (Å²) >= 11 is 0. The highest BCUT2D eigenvalue weighted by Crippen LogP contribution is 2.06. The van der Waals surface area contributed by atoms with Gasteiger partial charge in [0, 0.05) is 38.3 Å². The van der Waals surface area contributed by atoms with Crippen molar-refractivity contribution in [2.24, 2.45) is 0 Å². The zero-order valence-corrected chi connectivity index (χ0v) is 18.9. The van der Waals surface area contributed by atoms with Crippen LogP contribution in [0.25, 0.3) is 0 Å². The van der Waals surface area contributed by atoms with Crippen LogP contribution in [0.15, 0.2) is 12.1 Å². The van der Waals surface area contributed by atoms with Crippen molar-refractivity contribution in [3.63, 3.8) is 0 Å². The Balaban J connectivity index is 1.61. The molecule has 0 fully saturated rings. The van der Waals surface area contributed by atoms with E-state index in [9.17, 15) is 19.2 Å². The van der Waals surface area contributed by atoms with Crippen LogP contribution < -0.4 is 0 Å². The van der Waals surface area contributed by atoms with Gasteiger partial charge < -0.3 is 18.9 Å². The molecule has 2 aromatic heterocycles. The number of fused-ring (bicyclic) bond motifs is 4. The number of rotatable bonds is 0. The van der Waals surface area contributed by atoms with Crippen LogP contribution in [-0.4, -0.2) is 121 Å². The van der Waals surface area contributed by atoms with Gasteiger partial charge in [-0.25, -0.2) is 19.2 Å². The molecule has 3 heterocycles. The highest BCUT2D eigenvalue weighted by atomic mass is 16.5. The quantitative estimate of drug-likeness (QED) is 0.362. The van der Waals surface area contributed by atoms with Gasteiger partial charge in [0.25, 0.3) is 0 Å². The third kappa shape index (κ3) is 7.11. The molecule has 3 rings (SSSR count). The number of aromatic amines is 2. The van der Waals surface area contributed by atoms with Gasteiger partial charge in [0.2, 0.25) is 0 Å². The summed E-state index contributed by atoms with van der Waals surface area (Å²) in [6.45, 7) is 1.75. The van der Waals surface area contributed by atoms with Crippen molar-refractivity contribution < 1.29 is 38.1 Å². The van der Waals surface area contributed by atoms with Crippen molar-refractivity contribution >= 4 is 23.9 Å². The first kappa shape index (κ1) is 24.9. The number of likely N-dealkylation sites (N-methyl/N-ethyl adjacent to an activating group) is 2. The Morgan fingerprint density at radius 1 is 0.618 bits per heavy atom. The van der Waals surface area contributed by atoms with E-state index in [1.54, 1.807) is 23.9 Å². The molecule has 14 nitrogen and oxygen atoms in total. The average molecular weight is 478 g/mol. The van der Waals surface area contributed by atoms with Crippen molar-refractivity contribution in [2.45, 2.75) is 0 Å². The van der Waals surface area contributed by atoms with E-state index in [4.69, 9.17) is 18.9 Å². The topological polar surface area (TPSA) is 169 Å². The number of nitrogens with zero attached hydrogens (tertiary/aromatic N) is 4. The van der Waals surface area contributed by atoms with Gasteiger partial charge in [-0.05, 0) is 14.1 Å². The number of hydrogen-bond donors (Lipinski definition) is 2. The van der Waals surface area contributed by atoms with Crippen LogP contribution >= 0.6 is 0 Å². The van der Waals surface area contributed by atoms with E-state index in [0.717, 1.165) is 0 Å². The van der Waals surface area contributed by atoms with E-state index in [1.807, 2.05) is 0 Å². The Hall–Kier alpha value is -3.78. The van der Waals surface area contributed by atoms with Gasteiger partial charge >= 0.3 is 23.9 Å². The summed E-state index contributed by atoms with van der Waals surface area (Å²) in [5, 5.41) is 12.5. The lowest BCUT2D eigenvalue weighted by Crippen LogP contribution is -2.28. The predicted octanol–water partition coefficient (Wildman–Crippen LogP) is -0.663. The fraction of sp³-hybridized carbons (Fsp3) is 0.500. The summed E-state index contributed by atoms with van der Waals surface area (Å²) in [5.74, 6) is -2.70. The third-order valence-electron chi connectivity index (χ3n) is 4.84. The standard InChI is InChI=1S/C20H26N6O8/c1-25-3-7-31-17(27)13-11-15(23-21-13)19(29)33-9-5-26(2)6-10-34-20(30)16-12-14(22-24-16)18(28)32-8-4-25/h11-12H,3-10H2,1-2H3,(H,21,23)(H,22,24). The van der Waals surface area contributed by atoms with Crippen LogP contribution in [-0.2, 0) is 18.9 Å². The summed E-state index contributed by atoms with van der Waals surface area (Å²) in [6, 6.07) is 2.52. The monoisotopic (exact) mass is 478 g/mol. The Bertz CT molecular complexity index is 865. The first-order chi connectivity index (χ1) is 16.3. The second-order valence-electron chi connectivity index (χ2n) is 7.48. The third-order valence-corrected chi connectivity index (χ3v) is 4.84. The van der Waals surface area contributed by atoms with Gasteiger partial charge in [-0.1, -0.05) is 0 Å². The molecule has 0 aromatic carbocycles. The van der Waals surface area contributed by atoms with E-state index < -0.39 is 23.9 Å². The van der Waals surface area contributed by atoms with Crippen LogP contribution in [0.3, 0.4) is 0 Å². The summed E-state index contributed by atoms with van der Waals surface area (Å²) in [7, 11) is 3.52. The molecule has 0 atom stereocenters. The van der Waals surface area contributed by atoms with Gasteiger partial charge in [0.15, 0.2) is 11.4 Å². The Morgan fingerprint density at radius 2 is 0.941 bits per heavy atom. The van der Waals surface area contributed by atoms with Gasteiger partial charge in [-0.2, -0.15) is 10.2 Å². The summed E-state index contributed by atoms with van der Waals surface area (Å²) in [5.41, 5.74) is -0.0442. The second-order valence-corrected chi connectivity index (χ2v) is 7.48. The SMILES string of the molecule is CN1CCOC(=O)c2cc([nH]n2)C(=O)OCCN(C)CCOC(=O)c2cc(n[nH]2)C(=O)OCC1. The van der Waals surface area contributed by atoms with Crippen molar-refractivity contribution in [1.29, 1.82) is 0 Å². The smallest absolute Gasteiger partial charge is 0.358 e. The number of cyclic esters (lactones) is 4. The zero-order valence-electron chi connectivity index (χ0n) is 18.9. The number of ether oxygens (including phenoxy) is 4. The molecule has 1 aliphatic rings. The maximum absolute atomic E-state index is 12.1. The molecule has 0 aliphatic carbocycles. The van der Waals surface area contributed by atoms with Gasteiger partial charge in [-0.3, -0.25) is 20.0 Å². The highest BCUT2D eigenvalue weighted by Gasteiger charge is 2.19. The number of carbonyl (C=O) groups is 4. The van der Waals surface area contributed by atoms with E-state index in [-0.39, 0.29) is 49.2 Å². The second kappa shape index (κ2) is 11.9. The molecule has 14 heteroatoms. The van der Waals surface area contributed by atoms with E-state index in [1.165, 1.54) is 12.1 Å². The molecule has 2 aromatic rings. The molecule has 0 radical (unpaired) electrons. The highest BCUT2D eigenvalue weighted by molar-refractivity contribution is 5.93. The fourth-order valence-corrected chi connectivity index (χ4v) is 2.77. The van der Waals surface area contributed by atoms with E-state index >= 15 is 0 Å². The first-order valence-electron chi connectivity index (χ1n) is 10.5. The lowest BCUT2D eigenvalue weighted by atomic mass is 10.3. The average Bonchev–Trinajstić information content (AvgIpc) is 3.49. The number of aromatic nitrogens is 4. The minimum Gasteiger partial charge on any atom is -0.460 e. The van der Waals surface area contributed by atoms with Crippen molar-refractivity contribution in [1.82, 2.24) is 30.2 Å². The number of H-pyrrole nitrogens is 2. The first-order valence-corrected chi connectivity index (χ1v) is 10.5. The van der Waals surface area contributed by atoms with Crippen LogP contribution in [0.4, 0.5) is 0 Å². The molecular formula is C20H26N6O8. The molecule has 0 unspecified atom stereocenters. The number of nitrogens with one attached hydrogen (secondary N) is 2. The minimum absolute atomic E-state index is 0.0239. The van der Waals surface area contributed by atoms with Gasteiger partial charge in [-0.15, -0.1) is 0 Å². The summed E-state index contributed by atoms with van der Waals surface area (Å²) in [6.07, 6.45) is 0. The Kier molecular flexibility index (Phi) is 8.70. The molecule has 2 N–H and O–H groups in total. The van der Waals surface area contributed by atoms with Crippen molar-refractivity contribution in [3.05, 3.63) is 34.9 Å². The predicted molar refractivity (Wildman–Crippen MR) is 113 cm³/mol. The number of carbonyl (C=O) groups excluding carboxylic acids is 4. The Labute approximate surface area is 194 Å². The maximum atomic E-state index is 12.1. The number of esters is 4. The summed E-state index contributed by atoms with van der Waals surface area (Å²) in [4.78, 5) is 52.1. The van der Waals surface area contributed by atoms with E-state index in [2.05, 4.69) is 20.4 Å². The lowest BCUT2D eigenvalue weighted by Gasteiger charge is -2.16. The van der Waals surface area contributed by atoms with Crippen LogP contribution in [0, 0.1) is 0 Å². The molecule has 0 saturated heterocycles. The number of hydrogen-bond acceptors (Lipinski definition) is 12. The van der Waals surface area contributed by atoms with Gasteiger partial charge in [0.05, 0.1) is 0 Å². The molecule has 0 amide bonds. The van der Waals surface area contributed by atoms with Crippen LogP contribution in [0.2, 0.25) is 0 Å². The van der Waals surface area contributed by atoms with E-state index in [0.29, 0.717) is 26.2 Å². The van der Waals surface area contributed by atoms with Crippen LogP contribution in [0.5, 0.6) is 0 Å². The normalized spacial score (nSPS) is 18.9. The minimum atomic E-state index is -0.687. The van der Waals surface area contributed by atoms with Crippen molar-refractivity contribution in [2.75, 3.05) is 66.7 Å². The lowest BCUT2D eigenvalue weighted by molar-refractivity contribution is 0.0398. The maximum Gasteiger partial charge on any atom is 0.358 e. The molecule has 34 heavy (non-hydrogen) atoms.